The highest BCUT2D eigenvalue weighted by atomic mass is 16.9. The van der Waals surface area contributed by atoms with Crippen molar-refractivity contribution < 1.29 is 30.9 Å². The van der Waals surface area contributed by atoms with E-state index in [2.05, 4.69) is 0 Å². The molecule has 12 nitrogen and oxygen atoms in total. The lowest BCUT2D eigenvalue weighted by Crippen LogP contribution is -1.81. The van der Waals surface area contributed by atoms with Gasteiger partial charge in [-0.15, -0.1) is 30.3 Å². The Morgan fingerprint density at radius 3 is 0.600 bits per heavy atom. The summed E-state index contributed by atoms with van der Waals surface area (Å²) in [5, 5.41) is 40.9. The SMILES string of the molecule is C.C.C.O=[N+]([O-])O.O=[N+]([O-])O.O=[N+]([O-])O. The zero-order valence-corrected chi connectivity index (χ0v) is 5.13. The van der Waals surface area contributed by atoms with E-state index in [1.807, 2.05) is 0 Å². The van der Waals surface area contributed by atoms with E-state index in [1.54, 1.807) is 0 Å². The third kappa shape index (κ3) is 186. The second kappa shape index (κ2) is 29.9. The maximum absolute atomic E-state index is 8.36. The monoisotopic (exact) mass is 237 g/mol. The molecule has 0 aliphatic rings. The quantitative estimate of drug-likeness (QED) is 0.404. The lowest BCUT2D eigenvalue weighted by Gasteiger charge is -1.56. The Morgan fingerprint density at radius 2 is 0.600 bits per heavy atom. The summed E-state index contributed by atoms with van der Waals surface area (Å²) in [6.45, 7) is 0. The first-order valence-electron chi connectivity index (χ1n) is 1.70. The first-order valence-corrected chi connectivity index (χ1v) is 1.70. The Balaban J connectivity index is -0.0000000184. The highest BCUT2D eigenvalue weighted by molar-refractivity contribution is 3.84. The van der Waals surface area contributed by atoms with E-state index in [0.717, 1.165) is 0 Å². The first-order chi connectivity index (χ1) is 5.20. The summed E-state index contributed by atoms with van der Waals surface area (Å²) in [4.78, 5) is 25.1. The maximum atomic E-state index is 8.36. The molecule has 0 saturated heterocycles. The Bertz CT molecular complexity index is 118. The van der Waals surface area contributed by atoms with Crippen molar-refractivity contribution in [3.05, 3.63) is 30.3 Å². The molecule has 12 heteroatoms. The summed E-state index contributed by atoms with van der Waals surface area (Å²) in [6.07, 6.45) is 0. The Labute approximate surface area is 84.7 Å². The summed E-state index contributed by atoms with van der Waals surface area (Å²) < 4.78 is 0. The van der Waals surface area contributed by atoms with E-state index < -0.39 is 15.3 Å². The van der Waals surface area contributed by atoms with Gasteiger partial charge in [0.15, 0.2) is 0 Å². The van der Waals surface area contributed by atoms with Crippen LogP contribution in [0, 0.1) is 30.3 Å². The molecule has 0 heterocycles. The summed E-state index contributed by atoms with van der Waals surface area (Å²) >= 11 is 0. The Morgan fingerprint density at radius 1 is 0.600 bits per heavy atom. The van der Waals surface area contributed by atoms with Gasteiger partial charge < -0.3 is 15.6 Å². The van der Waals surface area contributed by atoms with Crippen molar-refractivity contribution in [2.45, 2.75) is 22.3 Å². The van der Waals surface area contributed by atoms with Gasteiger partial charge in [0.2, 0.25) is 0 Å². The fourth-order valence-corrected chi connectivity index (χ4v) is 0. The molecule has 0 rings (SSSR count). The number of hydrogen-bond donors (Lipinski definition) is 3. The van der Waals surface area contributed by atoms with Crippen LogP contribution in [0.5, 0.6) is 0 Å². The predicted molar refractivity (Wildman–Crippen MR) is 46.5 cm³/mol. The first kappa shape index (κ1) is 38.9. The van der Waals surface area contributed by atoms with Crippen molar-refractivity contribution in [1.82, 2.24) is 0 Å². The summed E-state index contributed by atoms with van der Waals surface area (Å²) in [6, 6.07) is 0. The minimum Gasteiger partial charge on any atom is -0.328 e. The van der Waals surface area contributed by atoms with E-state index in [4.69, 9.17) is 46.0 Å². The van der Waals surface area contributed by atoms with E-state index in [-0.39, 0.29) is 22.3 Å². The molecule has 0 saturated carbocycles. The molecular formula is C3H15N3O9. The average Bonchev–Trinajstić information content (AvgIpc) is 1.54. The van der Waals surface area contributed by atoms with Crippen molar-refractivity contribution in [3.63, 3.8) is 0 Å². The average molecular weight is 237 g/mol. The second-order valence-electron chi connectivity index (χ2n) is 0.714. The van der Waals surface area contributed by atoms with Crippen LogP contribution >= 0.6 is 0 Å². The van der Waals surface area contributed by atoms with Crippen LogP contribution in [0.25, 0.3) is 0 Å². The molecule has 0 fully saturated rings. The van der Waals surface area contributed by atoms with Gasteiger partial charge in [0.05, 0.1) is 0 Å². The van der Waals surface area contributed by atoms with Gasteiger partial charge in [-0.2, -0.15) is 0 Å². The standard InChI is InChI=1S/3CH4.3HNO3/c;;;3*2-1(3)4/h3*1H4;3*(H,2,3,4). The van der Waals surface area contributed by atoms with Crippen molar-refractivity contribution in [1.29, 1.82) is 0 Å². The molecule has 0 aromatic heterocycles. The summed E-state index contributed by atoms with van der Waals surface area (Å²) in [5.74, 6) is 0. The van der Waals surface area contributed by atoms with Crippen molar-refractivity contribution in [2.24, 2.45) is 0 Å². The largest absolute Gasteiger partial charge is 0.328 e. The van der Waals surface area contributed by atoms with Gasteiger partial charge in [-0.1, -0.05) is 22.3 Å². The Kier molecular flexibility index (Phi) is 77.6. The van der Waals surface area contributed by atoms with Gasteiger partial charge >= 0.3 is 0 Å². The highest BCUT2D eigenvalue weighted by Gasteiger charge is 1.66. The molecule has 15 heavy (non-hydrogen) atoms. The van der Waals surface area contributed by atoms with Crippen LogP contribution in [-0.2, 0) is 0 Å². The van der Waals surface area contributed by atoms with Crippen LogP contribution in [0.2, 0.25) is 0 Å². The zero-order valence-electron chi connectivity index (χ0n) is 5.13. The fraction of sp³-hybridized carbons (Fsp3) is 1.00. The molecule has 0 aromatic carbocycles. The van der Waals surface area contributed by atoms with Crippen molar-refractivity contribution in [2.75, 3.05) is 0 Å². The zero-order chi connectivity index (χ0) is 10.7. The molecular weight excluding hydrogens is 222 g/mol. The molecule has 0 radical (unpaired) electrons. The van der Waals surface area contributed by atoms with Crippen LogP contribution in [0.4, 0.5) is 0 Å². The second-order valence-corrected chi connectivity index (χ2v) is 0.714. The van der Waals surface area contributed by atoms with Crippen LogP contribution in [0.15, 0.2) is 0 Å². The molecule has 0 bridgehead atoms. The van der Waals surface area contributed by atoms with Crippen LogP contribution in [0.3, 0.4) is 0 Å². The molecule has 0 aromatic rings. The molecule has 96 valence electrons. The number of rotatable bonds is 0. The summed E-state index contributed by atoms with van der Waals surface area (Å²) in [7, 11) is 0. The maximum Gasteiger partial charge on any atom is 0.291 e. The fourth-order valence-electron chi connectivity index (χ4n) is 0. The minimum absolute atomic E-state index is 0. The lowest BCUT2D eigenvalue weighted by atomic mass is 12.0. The van der Waals surface area contributed by atoms with Gasteiger partial charge in [0.25, 0.3) is 15.3 Å². The molecule has 0 unspecified atom stereocenters. The third-order valence-electron chi connectivity index (χ3n) is 0. The molecule has 0 spiro atoms. The highest BCUT2D eigenvalue weighted by Crippen LogP contribution is 1.39. The summed E-state index contributed by atoms with van der Waals surface area (Å²) in [5.41, 5.74) is 0. The van der Waals surface area contributed by atoms with Gasteiger partial charge in [0.1, 0.15) is 0 Å². The van der Waals surface area contributed by atoms with Crippen molar-refractivity contribution >= 4 is 0 Å². The lowest BCUT2D eigenvalue weighted by molar-refractivity contribution is -0.742. The molecule has 0 amide bonds. The number of nitrogens with zero attached hydrogens (tertiary/aromatic N) is 3. The van der Waals surface area contributed by atoms with Crippen LogP contribution in [-0.4, -0.2) is 30.9 Å². The third-order valence-corrected chi connectivity index (χ3v) is 0. The van der Waals surface area contributed by atoms with Crippen molar-refractivity contribution in [3.8, 4) is 0 Å². The predicted octanol–water partition coefficient (Wildman–Crippen LogP) is 0.865. The number of hydrogen-bond acceptors (Lipinski definition) is 6. The molecule has 0 aliphatic carbocycles. The molecule has 0 aliphatic heterocycles. The van der Waals surface area contributed by atoms with Crippen LogP contribution in [0.1, 0.15) is 22.3 Å². The molecule has 3 N–H and O–H groups in total. The van der Waals surface area contributed by atoms with Gasteiger partial charge in [0, 0.05) is 0 Å². The van der Waals surface area contributed by atoms with E-state index >= 15 is 0 Å². The van der Waals surface area contributed by atoms with E-state index in [9.17, 15) is 0 Å². The van der Waals surface area contributed by atoms with E-state index in [1.165, 1.54) is 0 Å². The van der Waals surface area contributed by atoms with Crippen LogP contribution < -0.4 is 0 Å². The molecule has 0 atom stereocenters. The van der Waals surface area contributed by atoms with Gasteiger partial charge in [-0.3, -0.25) is 0 Å². The Hall–Kier alpha value is -2.40. The van der Waals surface area contributed by atoms with Gasteiger partial charge in [-0.05, 0) is 0 Å². The smallest absolute Gasteiger partial charge is 0.291 e. The topological polar surface area (TPSA) is 190 Å². The minimum atomic E-state index is -1.50. The normalized spacial score (nSPS) is 4.80. The van der Waals surface area contributed by atoms with Gasteiger partial charge in [-0.25, -0.2) is 0 Å². The van der Waals surface area contributed by atoms with E-state index in [0.29, 0.717) is 0 Å².